The molecule has 1 nitrogen and oxygen atoms in total. The maximum absolute atomic E-state index is 11.6. The number of ketones is 1. The molecule has 0 aromatic heterocycles. The molecule has 1 heteroatoms. The van der Waals surface area contributed by atoms with Crippen LogP contribution in [0.25, 0.3) is 0 Å². The first-order valence-corrected chi connectivity index (χ1v) is 5.53. The second kappa shape index (κ2) is 5.11. The summed E-state index contributed by atoms with van der Waals surface area (Å²) in [5.41, 5.74) is 1.37. The lowest BCUT2D eigenvalue weighted by atomic mass is 9.88. The zero-order valence-corrected chi connectivity index (χ0v) is 9.92. The summed E-state index contributed by atoms with van der Waals surface area (Å²) in [6.45, 7) is 6.31. The summed E-state index contributed by atoms with van der Waals surface area (Å²) >= 11 is 0. The standard InChI is InChI=1S/C14H20O/c1-14(2,3)11-13(15)10-9-12-7-5-4-6-8-12/h4-8H,9-11H2,1-3H3. The van der Waals surface area contributed by atoms with E-state index in [1.165, 1.54) is 5.56 Å². The first-order chi connectivity index (χ1) is 6.97. The normalized spacial score (nSPS) is 11.4. The van der Waals surface area contributed by atoms with Gasteiger partial charge in [-0.05, 0) is 17.4 Å². The summed E-state index contributed by atoms with van der Waals surface area (Å²) in [6.07, 6.45) is 2.22. The average molecular weight is 204 g/mol. The summed E-state index contributed by atoms with van der Waals surface area (Å²) in [5, 5.41) is 0. The highest BCUT2D eigenvalue weighted by Crippen LogP contribution is 2.20. The van der Waals surface area contributed by atoms with E-state index in [1.54, 1.807) is 0 Å². The van der Waals surface area contributed by atoms with Crippen LogP contribution < -0.4 is 0 Å². The van der Waals surface area contributed by atoms with Crippen LogP contribution in [-0.2, 0) is 11.2 Å². The molecule has 1 aromatic carbocycles. The molecule has 0 saturated carbocycles. The van der Waals surface area contributed by atoms with Gasteiger partial charge < -0.3 is 0 Å². The van der Waals surface area contributed by atoms with Gasteiger partial charge in [-0.3, -0.25) is 4.79 Å². The highest BCUT2D eigenvalue weighted by Gasteiger charge is 2.15. The third kappa shape index (κ3) is 5.36. The predicted molar refractivity (Wildman–Crippen MR) is 63.8 cm³/mol. The van der Waals surface area contributed by atoms with Gasteiger partial charge in [0.25, 0.3) is 0 Å². The van der Waals surface area contributed by atoms with Crippen molar-refractivity contribution in [3.05, 3.63) is 35.9 Å². The Bertz CT molecular complexity index is 306. The van der Waals surface area contributed by atoms with Crippen LogP contribution >= 0.6 is 0 Å². The minimum absolute atomic E-state index is 0.119. The van der Waals surface area contributed by atoms with Crippen molar-refractivity contribution >= 4 is 5.78 Å². The van der Waals surface area contributed by atoms with Crippen LogP contribution in [0.4, 0.5) is 0 Å². The molecule has 0 atom stereocenters. The monoisotopic (exact) mass is 204 g/mol. The van der Waals surface area contributed by atoms with Gasteiger partial charge in [-0.2, -0.15) is 0 Å². The van der Waals surface area contributed by atoms with Crippen molar-refractivity contribution in [3.8, 4) is 0 Å². The SMILES string of the molecule is CC(C)(C)CC(=O)CCc1ccccc1. The minimum atomic E-state index is 0.119. The van der Waals surface area contributed by atoms with Crippen LogP contribution in [0.15, 0.2) is 30.3 Å². The molecule has 0 unspecified atom stereocenters. The molecule has 0 radical (unpaired) electrons. The summed E-state index contributed by atoms with van der Waals surface area (Å²) in [5.74, 6) is 0.367. The van der Waals surface area contributed by atoms with Gasteiger partial charge in [-0.25, -0.2) is 0 Å². The molecule has 1 aromatic rings. The fourth-order valence-electron chi connectivity index (χ4n) is 1.61. The maximum atomic E-state index is 11.6. The molecule has 82 valence electrons. The summed E-state index contributed by atoms with van der Waals surface area (Å²) in [6, 6.07) is 10.2. The van der Waals surface area contributed by atoms with Gasteiger partial charge in [-0.15, -0.1) is 0 Å². The Morgan fingerprint density at radius 3 is 2.27 bits per heavy atom. The Morgan fingerprint density at radius 2 is 1.73 bits per heavy atom. The molecule has 0 saturated heterocycles. The molecule has 0 aliphatic rings. The van der Waals surface area contributed by atoms with Crippen molar-refractivity contribution in [2.75, 3.05) is 0 Å². The molecule has 0 N–H and O–H groups in total. The van der Waals surface area contributed by atoms with Gasteiger partial charge in [0, 0.05) is 12.8 Å². The number of benzene rings is 1. The Labute approximate surface area is 92.5 Å². The van der Waals surface area contributed by atoms with Crippen LogP contribution in [-0.4, -0.2) is 5.78 Å². The lowest BCUT2D eigenvalue weighted by Crippen LogP contribution is -2.13. The van der Waals surface area contributed by atoms with E-state index in [9.17, 15) is 4.79 Å². The molecule has 15 heavy (non-hydrogen) atoms. The number of carbonyl (C=O) groups excluding carboxylic acids is 1. The molecular weight excluding hydrogens is 184 g/mol. The van der Waals surface area contributed by atoms with Crippen LogP contribution in [0.5, 0.6) is 0 Å². The highest BCUT2D eigenvalue weighted by atomic mass is 16.1. The van der Waals surface area contributed by atoms with Crippen molar-refractivity contribution in [1.29, 1.82) is 0 Å². The summed E-state index contributed by atoms with van der Waals surface area (Å²) in [7, 11) is 0. The smallest absolute Gasteiger partial charge is 0.133 e. The van der Waals surface area contributed by atoms with Crippen molar-refractivity contribution < 1.29 is 4.79 Å². The first-order valence-electron chi connectivity index (χ1n) is 5.53. The largest absolute Gasteiger partial charge is 0.300 e. The number of Topliss-reactive ketones (excluding diaryl/α,β-unsaturated/α-hetero) is 1. The minimum Gasteiger partial charge on any atom is -0.300 e. The average Bonchev–Trinajstić information content (AvgIpc) is 2.14. The van der Waals surface area contributed by atoms with Gasteiger partial charge in [0.05, 0.1) is 0 Å². The molecule has 0 bridgehead atoms. The van der Waals surface area contributed by atoms with E-state index in [0.29, 0.717) is 18.6 Å². The van der Waals surface area contributed by atoms with Crippen molar-refractivity contribution in [3.63, 3.8) is 0 Å². The number of hydrogen-bond donors (Lipinski definition) is 0. The van der Waals surface area contributed by atoms with E-state index in [2.05, 4.69) is 32.9 Å². The van der Waals surface area contributed by atoms with Gasteiger partial charge >= 0.3 is 0 Å². The molecule has 1 rings (SSSR count). The molecule has 0 aliphatic heterocycles. The van der Waals surface area contributed by atoms with Crippen LogP contribution in [0.2, 0.25) is 0 Å². The quantitative estimate of drug-likeness (QED) is 0.732. The Balaban J connectivity index is 2.35. The van der Waals surface area contributed by atoms with Gasteiger partial charge in [0.1, 0.15) is 5.78 Å². The second-order valence-electron chi connectivity index (χ2n) is 5.26. The van der Waals surface area contributed by atoms with Crippen LogP contribution in [0, 0.1) is 5.41 Å². The highest BCUT2D eigenvalue weighted by molar-refractivity contribution is 5.79. The molecule has 0 fully saturated rings. The Hall–Kier alpha value is -1.11. The van der Waals surface area contributed by atoms with E-state index in [0.717, 1.165) is 6.42 Å². The molecule has 0 aliphatic carbocycles. The third-order valence-corrected chi connectivity index (χ3v) is 2.26. The zero-order chi connectivity index (χ0) is 11.3. The second-order valence-corrected chi connectivity index (χ2v) is 5.26. The number of hydrogen-bond acceptors (Lipinski definition) is 1. The van der Waals surface area contributed by atoms with Crippen LogP contribution in [0.3, 0.4) is 0 Å². The third-order valence-electron chi connectivity index (χ3n) is 2.26. The van der Waals surface area contributed by atoms with Crippen molar-refractivity contribution in [1.82, 2.24) is 0 Å². The fraction of sp³-hybridized carbons (Fsp3) is 0.500. The fourth-order valence-corrected chi connectivity index (χ4v) is 1.61. The summed E-state index contributed by atoms with van der Waals surface area (Å²) in [4.78, 5) is 11.6. The number of carbonyl (C=O) groups is 1. The maximum Gasteiger partial charge on any atom is 0.133 e. The molecular formula is C14H20O. The molecule has 0 heterocycles. The number of aryl methyl sites for hydroxylation is 1. The van der Waals surface area contributed by atoms with Gasteiger partial charge in [0.2, 0.25) is 0 Å². The van der Waals surface area contributed by atoms with Crippen LogP contribution in [0.1, 0.15) is 39.2 Å². The Morgan fingerprint density at radius 1 is 1.13 bits per heavy atom. The predicted octanol–water partition coefficient (Wildman–Crippen LogP) is 3.62. The van der Waals surface area contributed by atoms with Crippen molar-refractivity contribution in [2.24, 2.45) is 5.41 Å². The van der Waals surface area contributed by atoms with E-state index in [4.69, 9.17) is 0 Å². The van der Waals surface area contributed by atoms with Crippen molar-refractivity contribution in [2.45, 2.75) is 40.0 Å². The topological polar surface area (TPSA) is 17.1 Å². The first kappa shape index (κ1) is 12.0. The summed E-state index contributed by atoms with van der Waals surface area (Å²) < 4.78 is 0. The Kier molecular flexibility index (Phi) is 4.07. The van der Waals surface area contributed by atoms with E-state index in [1.807, 2.05) is 18.2 Å². The van der Waals surface area contributed by atoms with E-state index < -0.39 is 0 Å². The van der Waals surface area contributed by atoms with E-state index in [-0.39, 0.29) is 5.41 Å². The molecule has 0 spiro atoms. The lowest BCUT2D eigenvalue weighted by Gasteiger charge is -2.16. The zero-order valence-electron chi connectivity index (χ0n) is 9.92. The lowest BCUT2D eigenvalue weighted by molar-refractivity contribution is -0.120. The van der Waals surface area contributed by atoms with Gasteiger partial charge in [0.15, 0.2) is 0 Å². The number of rotatable bonds is 4. The molecule has 0 amide bonds. The van der Waals surface area contributed by atoms with E-state index >= 15 is 0 Å². The van der Waals surface area contributed by atoms with Gasteiger partial charge in [-0.1, -0.05) is 51.1 Å².